The number of nitrogens with two attached hydrogens (primary N) is 1. The molecular formula is C19H26N4O. The highest BCUT2D eigenvalue weighted by molar-refractivity contribution is 5.90. The Morgan fingerprint density at radius 3 is 2.38 bits per heavy atom. The molecule has 0 unspecified atom stereocenters. The quantitative estimate of drug-likeness (QED) is 0.789. The molecule has 5 nitrogen and oxygen atoms in total. The molecule has 0 bridgehead atoms. The Morgan fingerprint density at radius 2 is 1.79 bits per heavy atom. The molecule has 5 heteroatoms. The van der Waals surface area contributed by atoms with Gasteiger partial charge in [-0.25, -0.2) is 9.97 Å². The topological polar surface area (TPSA) is 80.9 Å². The van der Waals surface area contributed by atoms with E-state index in [0.29, 0.717) is 29.8 Å². The fourth-order valence-corrected chi connectivity index (χ4v) is 2.41. The first-order chi connectivity index (χ1) is 11.3. The van der Waals surface area contributed by atoms with Gasteiger partial charge in [0.25, 0.3) is 0 Å². The second kappa shape index (κ2) is 7.90. The summed E-state index contributed by atoms with van der Waals surface area (Å²) in [5, 5.41) is 2.90. The number of nitrogens with one attached hydrogen (secondary N) is 1. The van der Waals surface area contributed by atoms with Crippen LogP contribution in [0.3, 0.4) is 0 Å². The van der Waals surface area contributed by atoms with Crippen molar-refractivity contribution in [2.75, 3.05) is 11.1 Å². The Morgan fingerprint density at radius 1 is 1.12 bits per heavy atom. The van der Waals surface area contributed by atoms with Crippen LogP contribution in [0.2, 0.25) is 0 Å². The largest absolute Gasteiger partial charge is 0.399 e. The number of hydrogen-bond donors (Lipinski definition) is 2. The molecule has 24 heavy (non-hydrogen) atoms. The van der Waals surface area contributed by atoms with E-state index in [1.807, 2.05) is 38.1 Å². The van der Waals surface area contributed by atoms with Crippen LogP contribution in [0.4, 0.5) is 11.5 Å². The van der Waals surface area contributed by atoms with E-state index in [-0.39, 0.29) is 5.91 Å². The summed E-state index contributed by atoms with van der Waals surface area (Å²) in [6, 6.07) is 7.54. The Kier molecular flexibility index (Phi) is 5.90. The Hall–Kier alpha value is -2.43. The predicted molar refractivity (Wildman–Crippen MR) is 98.5 cm³/mol. The van der Waals surface area contributed by atoms with Crippen LogP contribution in [-0.4, -0.2) is 15.9 Å². The van der Waals surface area contributed by atoms with Crippen molar-refractivity contribution in [2.45, 2.75) is 40.5 Å². The molecule has 0 atom stereocenters. The van der Waals surface area contributed by atoms with E-state index in [1.165, 1.54) is 0 Å². The summed E-state index contributed by atoms with van der Waals surface area (Å²) in [5.74, 6) is 1.26. The van der Waals surface area contributed by atoms with Crippen molar-refractivity contribution in [1.29, 1.82) is 0 Å². The van der Waals surface area contributed by atoms with Gasteiger partial charge < -0.3 is 11.1 Å². The molecule has 0 spiro atoms. The van der Waals surface area contributed by atoms with E-state index < -0.39 is 0 Å². The highest BCUT2D eigenvalue weighted by Crippen LogP contribution is 2.22. The average Bonchev–Trinajstić information content (AvgIpc) is 2.48. The molecule has 1 heterocycles. The van der Waals surface area contributed by atoms with E-state index in [1.54, 1.807) is 6.20 Å². The van der Waals surface area contributed by atoms with Gasteiger partial charge in [-0.05, 0) is 30.4 Å². The zero-order chi connectivity index (χ0) is 17.7. The van der Waals surface area contributed by atoms with Crippen LogP contribution in [-0.2, 0) is 11.2 Å². The van der Waals surface area contributed by atoms with E-state index in [2.05, 4.69) is 24.1 Å². The number of rotatable bonds is 6. The lowest BCUT2D eigenvalue weighted by Gasteiger charge is -2.13. The molecule has 0 saturated carbocycles. The molecule has 0 saturated heterocycles. The number of aromatic nitrogens is 2. The van der Waals surface area contributed by atoms with Crippen LogP contribution in [0, 0.1) is 11.8 Å². The van der Waals surface area contributed by atoms with Crippen molar-refractivity contribution in [3.63, 3.8) is 0 Å². The van der Waals surface area contributed by atoms with Gasteiger partial charge in [0.05, 0.1) is 17.6 Å². The van der Waals surface area contributed by atoms with E-state index in [0.717, 1.165) is 23.4 Å². The van der Waals surface area contributed by atoms with Gasteiger partial charge in [-0.1, -0.05) is 39.8 Å². The fraction of sp³-hybridized carbons (Fsp3) is 0.421. The predicted octanol–water partition coefficient (Wildman–Crippen LogP) is 3.91. The highest BCUT2D eigenvalue weighted by atomic mass is 16.1. The van der Waals surface area contributed by atoms with Crippen LogP contribution >= 0.6 is 0 Å². The summed E-state index contributed by atoms with van der Waals surface area (Å²) < 4.78 is 0. The third kappa shape index (κ3) is 5.05. The molecular weight excluding hydrogens is 300 g/mol. The standard InChI is InChI=1S/C19H26N4O/c1-12(2)9-16-19(23-18(24)10-13(3)4)21-11-17(22-16)14-5-7-15(20)8-6-14/h5-8,11-13H,9-10,20H2,1-4H3,(H,21,23,24). The molecule has 1 amide bonds. The third-order valence-electron chi connectivity index (χ3n) is 3.50. The number of hydrogen-bond acceptors (Lipinski definition) is 4. The van der Waals surface area contributed by atoms with Gasteiger partial charge in [0.15, 0.2) is 5.82 Å². The Labute approximate surface area is 143 Å². The molecule has 2 rings (SSSR count). The summed E-state index contributed by atoms with van der Waals surface area (Å²) in [4.78, 5) is 21.2. The van der Waals surface area contributed by atoms with Crippen molar-refractivity contribution in [1.82, 2.24) is 9.97 Å². The van der Waals surface area contributed by atoms with Gasteiger partial charge in [-0.2, -0.15) is 0 Å². The number of carbonyl (C=O) groups excluding carboxylic acids is 1. The minimum Gasteiger partial charge on any atom is -0.399 e. The van der Waals surface area contributed by atoms with Crippen molar-refractivity contribution in [3.8, 4) is 11.3 Å². The molecule has 3 N–H and O–H groups in total. The number of carbonyl (C=O) groups is 1. The number of nitrogen functional groups attached to an aromatic ring is 1. The van der Waals surface area contributed by atoms with Crippen molar-refractivity contribution < 1.29 is 4.79 Å². The monoisotopic (exact) mass is 326 g/mol. The molecule has 0 aliphatic rings. The van der Waals surface area contributed by atoms with Crippen LogP contribution in [0.25, 0.3) is 11.3 Å². The smallest absolute Gasteiger partial charge is 0.225 e. The summed E-state index contributed by atoms with van der Waals surface area (Å²) in [7, 11) is 0. The molecule has 0 aliphatic heterocycles. The Bertz CT molecular complexity index is 693. The van der Waals surface area contributed by atoms with Crippen LogP contribution in [0.15, 0.2) is 30.5 Å². The zero-order valence-electron chi connectivity index (χ0n) is 14.8. The van der Waals surface area contributed by atoms with Crippen LogP contribution in [0.1, 0.15) is 39.8 Å². The maximum atomic E-state index is 12.1. The van der Waals surface area contributed by atoms with Gasteiger partial charge in [0.1, 0.15) is 0 Å². The lowest BCUT2D eigenvalue weighted by Crippen LogP contribution is -2.17. The molecule has 0 radical (unpaired) electrons. The number of amides is 1. The lowest BCUT2D eigenvalue weighted by molar-refractivity contribution is -0.116. The maximum Gasteiger partial charge on any atom is 0.225 e. The van der Waals surface area contributed by atoms with Crippen molar-refractivity contribution >= 4 is 17.4 Å². The molecule has 0 fully saturated rings. The van der Waals surface area contributed by atoms with Crippen LogP contribution in [0.5, 0.6) is 0 Å². The molecule has 1 aromatic heterocycles. The number of anilines is 2. The summed E-state index contributed by atoms with van der Waals surface area (Å²) in [6.07, 6.45) is 2.93. The van der Waals surface area contributed by atoms with Gasteiger partial charge in [0.2, 0.25) is 5.91 Å². The van der Waals surface area contributed by atoms with Gasteiger partial charge in [-0.15, -0.1) is 0 Å². The maximum absolute atomic E-state index is 12.1. The fourth-order valence-electron chi connectivity index (χ4n) is 2.41. The first kappa shape index (κ1) is 17.9. The zero-order valence-corrected chi connectivity index (χ0v) is 14.8. The van der Waals surface area contributed by atoms with Gasteiger partial charge in [-0.3, -0.25) is 4.79 Å². The minimum absolute atomic E-state index is 0.0236. The number of nitrogens with zero attached hydrogens (tertiary/aromatic N) is 2. The van der Waals surface area contributed by atoms with E-state index in [4.69, 9.17) is 10.7 Å². The normalized spacial score (nSPS) is 11.1. The molecule has 1 aromatic carbocycles. The third-order valence-corrected chi connectivity index (χ3v) is 3.50. The highest BCUT2D eigenvalue weighted by Gasteiger charge is 2.14. The summed E-state index contributed by atoms with van der Waals surface area (Å²) in [6.45, 7) is 8.28. The lowest BCUT2D eigenvalue weighted by atomic mass is 10.1. The van der Waals surface area contributed by atoms with Crippen LogP contribution < -0.4 is 11.1 Å². The summed E-state index contributed by atoms with van der Waals surface area (Å²) >= 11 is 0. The average molecular weight is 326 g/mol. The second-order valence-electron chi connectivity index (χ2n) is 6.92. The molecule has 2 aromatic rings. The van der Waals surface area contributed by atoms with Crippen molar-refractivity contribution in [2.24, 2.45) is 11.8 Å². The van der Waals surface area contributed by atoms with Crippen molar-refractivity contribution in [3.05, 3.63) is 36.2 Å². The first-order valence-electron chi connectivity index (χ1n) is 8.36. The van der Waals surface area contributed by atoms with Gasteiger partial charge >= 0.3 is 0 Å². The Balaban J connectivity index is 2.31. The first-order valence-corrected chi connectivity index (χ1v) is 8.36. The summed E-state index contributed by atoms with van der Waals surface area (Å²) in [5.41, 5.74) is 9.01. The molecule has 128 valence electrons. The minimum atomic E-state index is -0.0236. The number of benzene rings is 1. The second-order valence-corrected chi connectivity index (χ2v) is 6.92. The van der Waals surface area contributed by atoms with E-state index >= 15 is 0 Å². The van der Waals surface area contributed by atoms with Gasteiger partial charge in [0, 0.05) is 17.7 Å². The molecule has 0 aliphatic carbocycles. The van der Waals surface area contributed by atoms with E-state index in [9.17, 15) is 4.79 Å². The SMILES string of the molecule is CC(C)CC(=O)Nc1ncc(-c2ccc(N)cc2)nc1CC(C)C.